The number of esters is 1. The second-order valence-corrected chi connectivity index (χ2v) is 8.75. The molecule has 2 aromatic carbocycles. The normalized spacial score (nSPS) is 16.0. The summed E-state index contributed by atoms with van der Waals surface area (Å²) in [5.74, 6) is -0.539. The molecule has 0 bridgehead atoms. The SMILES string of the molecule is CCOC(=O)C1=C(C)N(c2ccc(Cl)cc2)C(=O)N[C@@H]1c1c(C)nn(-c2ccc(C)cc2)c1Cl. The molecule has 1 N–H and O–H groups in total. The van der Waals surface area contributed by atoms with E-state index in [-0.39, 0.29) is 12.2 Å². The van der Waals surface area contributed by atoms with Crippen LogP contribution in [-0.4, -0.2) is 28.4 Å². The molecule has 0 saturated heterocycles. The predicted molar refractivity (Wildman–Crippen MR) is 133 cm³/mol. The third kappa shape index (κ3) is 4.29. The van der Waals surface area contributed by atoms with E-state index in [1.54, 1.807) is 49.7 Å². The Morgan fingerprint density at radius 2 is 1.65 bits per heavy atom. The summed E-state index contributed by atoms with van der Waals surface area (Å²) in [5, 5.41) is 8.37. The maximum absolute atomic E-state index is 13.3. The molecule has 1 aromatic heterocycles. The number of ether oxygens (including phenoxy) is 1. The molecule has 0 unspecified atom stereocenters. The lowest BCUT2D eigenvalue weighted by atomic mass is 9.95. The molecule has 0 aliphatic carbocycles. The van der Waals surface area contributed by atoms with E-state index >= 15 is 0 Å². The maximum Gasteiger partial charge on any atom is 0.338 e. The van der Waals surface area contributed by atoms with Crippen molar-refractivity contribution in [2.75, 3.05) is 11.5 Å². The van der Waals surface area contributed by atoms with E-state index in [0.29, 0.717) is 32.8 Å². The molecule has 0 spiro atoms. The lowest BCUT2D eigenvalue weighted by Crippen LogP contribution is -2.48. The lowest BCUT2D eigenvalue weighted by Gasteiger charge is -2.35. The number of nitrogens with zero attached hydrogens (tertiary/aromatic N) is 3. The molecule has 2 amide bonds. The van der Waals surface area contributed by atoms with Crippen molar-refractivity contribution in [1.29, 1.82) is 0 Å². The first-order chi connectivity index (χ1) is 16.2. The Hall–Kier alpha value is -3.29. The van der Waals surface area contributed by atoms with Crippen LogP contribution < -0.4 is 10.2 Å². The minimum atomic E-state index is -0.832. The van der Waals surface area contributed by atoms with Gasteiger partial charge in [-0.05, 0) is 64.1 Å². The van der Waals surface area contributed by atoms with Gasteiger partial charge in [0, 0.05) is 16.3 Å². The van der Waals surface area contributed by atoms with Crippen LogP contribution in [0.1, 0.15) is 36.7 Å². The average Bonchev–Trinajstić information content (AvgIpc) is 3.09. The number of amides is 2. The van der Waals surface area contributed by atoms with E-state index in [1.165, 1.54) is 4.90 Å². The quantitative estimate of drug-likeness (QED) is 0.444. The van der Waals surface area contributed by atoms with Gasteiger partial charge in [0.2, 0.25) is 0 Å². The van der Waals surface area contributed by atoms with Crippen LogP contribution in [0.5, 0.6) is 0 Å². The van der Waals surface area contributed by atoms with Crippen LogP contribution in [-0.2, 0) is 9.53 Å². The number of carbonyl (C=O) groups excluding carboxylic acids is 2. The van der Waals surface area contributed by atoms with E-state index < -0.39 is 18.0 Å². The molecule has 4 rings (SSSR count). The lowest BCUT2D eigenvalue weighted by molar-refractivity contribution is -0.139. The van der Waals surface area contributed by atoms with E-state index in [4.69, 9.17) is 27.9 Å². The topological polar surface area (TPSA) is 76.5 Å². The zero-order chi connectivity index (χ0) is 24.6. The standard InChI is InChI=1S/C25H24Cl2N4O3/c1-5-34-24(32)21-16(4)30(18-12-8-17(26)9-13-18)25(33)28-22(21)20-15(3)29-31(23(20)27)19-10-6-14(2)7-11-19/h6-13,22H,5H2,1-4H3,(H,28,33)/t22-/m1/s1. The third-order valence-electron chi connectivity index (χ3n) is 5.68. The van der Waals surface area contributed by atoms with Gasteiger partial charge in [-0.25, -0.2) is 14.3 Å². The number of aromatic nitrogens is 2. The number of nitrogens with one attached hydrogen (secondary N) is 1. The van der Waals surface area contributed by atoms with Gasteiger partial charge in [0.25, 0.3) is 0 Å². The number of anilines is 1. The van der Waals surface area contributed by atoms with Crippen molar-refractivity contribution in [1.82, 2.24) is 15.1 Å². The van der Waals surface area contributed by atoms with Gasteiger partial charge in [0.05, 0.1) is 35.3 Å². The van der Waals surface area contributed by atoms with Crippen LogP contribution >= 0.6 is 23.2 Å². The summed E-state index contributed by atoms with van der Waals surface area (Å²) in [4.78, 5) is 27.8. The van der Waals surface area contributed by atoms with Gasteiger partial charge in [-0.1, -0.05) is 40.9 Å². The van der Waals surface area contributed by atoms with Gasteiger partial charge in [0.15, 0.2) is 0 Å². The second-order valence-electron chi connectivity index (χ2n) is 7.95. The summed E-state index contributed by atoms with van der Waals surface area (Å²) in [6, 6.07) is 13.3. The minimum absolute atomic E-state index is 0.187. The molecule has 1 aliphatic rings. The number of carbonyl (C=O) groups is 2. The first-order valence-corrected chi connectivity index (χ1v) is 11.5. The fraction of sp³-hybridized carbons (Fsp3) is 0.240. The van der Waals surface area contributed by atoms with E-state index in [9.17, 15) is 9.59 Å². The fourth-order valence-corrected chi connectivity index (χ4v) is 4.54. The molecule has 1 aliphatic heterocycles. The van der Waals surface area contributed by atoms with Crippen molar-refractivity contribution in [2.24, 2.45) is 0 Å². The first-order valence-electron chi connectivity index (χ1n) is 10.8. The Morgan fingerprint density at radius 1 is 1.03 bits per heavy atom. The monoisotopic (exact) mass is 498 g/mol. The van der Waals surface area contributed by atoms with Crippen LogP contribution in [0.2, 0.25) is 10.2 Å². The molecule has 3 aromatic rings. The Bertz CT molecular complexity index is 1280. The highest BCUT2D eigenvalue weighted by molar-refractivity contribution is 6.31. The summed E-state index contributed by atoms with van der Waals surface area (Å²) in [6.45, 7) is 7.41. The van der Waals surface area contributed by atoms with Gasteiger partial charge in [-0.15, -0.1) is 0 Å². The molecular weight excluding hydrogens is 475 g/mol. The predicted octanol–water partition coefficient (Wildman–Crippen LogP) is 5.90. The summed E-state index contributed by atoms with van der Waals surface area (Å²) in [7, 11) is 0. The number of allylic oxidation sites excluding steroid dienone is 1. The number of hydrogen-bond donors (Lipinski definition) is 1. The number of halogens is 2. The van der Waals surface area contributed by atoms with Crippen molar-refractivity contribution < 1.29 is 14.3 Å². The van der Waals surface area contributed by atoms with E-state index in [1.807, 2.05) is 31.2 Å². The minimum Gasteiger partial charge on any atom is -0.463 e. The van der Waals surface area contributed by atoms with Gasteiger partial charge in [0.1, 0.15) is 5.15 Å². The maximum atomic E-state index is 13.3. The van der Waals surface area contributed by atoms with Crippen molar-refractivity contribution in [3.05, 3.63) is 86.8 Å². The van der Waals surface area contributed by atoms with Crippen LogP contribution in [0.3, 0.4) is 0 Å². The number of hydrogen-bond acceptors (Lipinski definition) is 4. The molecule has 34 heavy (non-hydrogen) atoms. The largest absolute Gasteiger partial charge is 0.463 e. The Kier molecular flexibility index (Phi) is 6.68. The van der Waals surface area contributed by atoms with Crippen molar-refractivity contribution >= 4 is 40.9 Å². The highest BCUT2D eigenvalue weighted by atomic mass is 35.5. The molecule has 7 nitrogen and oxygen atoms in total. The summed E-state index contributed by atoms with van der Waals surface area (Å²) in [6.07, 6.45) is 0. The molecule has 9 heteroatoms. The summed E-state index contributed by atoms with van der Waals surface area (Å²) in [5.41, 5.74) is 4.29. The van der Waals surface area contributed by atoms with Gasteiger partial charge < -0.3 is 10.1 Å². The van der Waals surface area contributed by atoms with Gasteiger partial charge >= 0.3 is 12.0 Å². The number of aryl methyl sites for hydroxylation is 2. The highest BCUT2D eigenvalue weighted by Crippen LogP contribution is 2.39. The number of benzene rings is 2. The van der Waals surface area contributed by atoms with E-state index in [0.717, 1.165) is 11.3 Å². The average molecular weight is 499 g/mol. The number of urea groups is 1. The summed E-state index contributed by atoms with van der Waals surface area (Å²) < 4.78 is 6.96. The molecule has 0 fully saturated rings. The van der Waals surface area contributed by atoms with Crippen LogP contribution in [0.15, 0.2) is 59.8 Å². The zero-order valence-corrected chi connectivity index (χ0v) is 20.7. The van der Waals surface area contributed by atoms with Crippen LogP contribution in [0.25, 0.3) is 5.69 Å². The Balaban J connectivity index is 1.86. The number of rotatable bonds is 5. The van der Waals surface area contributed by atoms with E-state index in [2.05, 4.69) is 10.4 Å². The third-order valence-corrected chi connectivity index (χ3v) is 6.30. The zero-order valence-electron chi connectivity index (χ0n) is 19.2. The Morgan fingerprint density at radius 3 is 2.26 bits per heavy atom. The first kappa shape index (κ1) is 23.9. The molecule has 176 valence electrons. The van der Waals surface area contributed by atoms with Crippen molar-refractivity contribution in [3.8, 4) is 5.69 Å². The van der Waals surface area contributed by atoms with Crippen LogP contribution in [0, 0.1) is 13.8 Å². The molecule has 0 radical (unpaired) electrons. The fourth-order valence-electron chi connectivity index (χ4n) is 4.03. The molecule has 1 atom stereocenters. The molecule has 2 heterocycles. The highest BCUT2D eigenvalue weighted by Gasteiger charge is 2.40. The second kappa shape index (κ2) is 9.52. The smallest absolute Gasteiger partial charge is 0.338 e. The Labute approximate surface area is 207 Å². The van der Waals surface area contributed by atoms with Crippen molar-refractivity contribution in [3.63, 3.8) is 0 Å². The molecular formula is C25H24Cl2N4O3. The summed E-state index contributed by atoms with van der Waals surface area (Å²) >= 11 is 12.8. The van der Waals surface area contributed by atoms with Crippen molar-refractivity contribution in [2.45, 2.75) is 33.7 Å². The van der Waals surface area contributed by atoms with Crippen LogP contribution in [0.4, 0.5) is 10.5 Å². The molecule has 0 saturated carbocycles. The van der Waals surface area contributed by atoms with Gasteiger partial charge in [-0.2, -0.15) is 5.10 Å². The van der Waals surface area contributed by atoms with Gasteiger partial charge in [-0.3, -0.25) is 4.90 Å².